The first kappa shape index (κ1) is 10.8. The van der Waals surface area contributed by atoms with Crippen LogP contribution in [0.3, 0.4) is 0 Å². The van der Waals surface area contributed by atoms with Crippen LogP contribution in [0.1, 0.15) is 33.6 Å². The number of alkyl halides is 1. The predicted molar refractivity (Wildman–Crippen MR) is 54.9 cm³/mol. The zero-order valence-corrected chi connectivity index (χ0v) is 9.40. The maximum absolute atomic E-state index is 11.6. The Morgan fingerprint density at radius 3 is 2.62 bits per heavy atom. The van der Waals surface area contributed by atoms with Crippen molar-refractivity contribution in [2.45, 2.75) is 39.2 Å². The van der Waals surface area contributed by atoms with Gasteiger partial charge in [-0.2, -0.15) is 0 Å². The molecule has 0 aromatic heterocycles. The highest BCUT2D eigenvalue weighted by Gasteiger charge is 2.37. The van der Waals surface area contributed by atoms with Crippen LogP contribution in [-0.4, -0.2) is 28.8 Å². The largest absolute Gasteiger partial charge is 0.337 e. The lowest BCUT2D eigenvalue weighted by molar-refractivity contribution is -0.132. The van der Waals surface area contributed by atoms with Crippen LogP contribution >= 0.6 is 11.6 Å². The minimum absolute atomic E-state index is 0.00209. The quantitative estimate of drug-likeness (QED) is 0.645. The van der Waals surface area contributed by atoms with Crippen molar-refractivity contribution in [3.8, 4) is 0 Å². The topological polar surface area (TPSA) is 20.3 Å². The van der Waals surface area contributed by atoms with E-state index in [2.05, 4.69) is 20.8 Å². The van der Waals surface area contributed by atoms with E-state index in [1.54, 1.807) is 0 Å². The molecule has 2 nitrogen and oxygen atoms in total. The Morgan fingerprint density at radius 1 is 1.62 bits per heavy atom. The molecular formula is C10H18ClNO. The Balaban J connectivity index is 2.67. The summed E-state index contributed by atoms with van der Waals surface area (Å²) < 4.78 is 0. The second-order valence-corrected chi connectivity index (χ2v) is 4.70. The maximum Gasteiger partial charge on any atom is 0.223 e. The summed E-state index contributed by atoms with van der Waals surface area (Å²) in [6.07, 6.45) is 1.63. The average molecular weight is 204 g/mol. The summed E-state index contributed by atoms with van der Waals surface area (Å²) in [6, 6.07) is 0. The number of nitrogens with zero attached hydrogens (tertiary/aromatic N) is 1. The molecule has 0 radical (unpaired) electrons. The third kappa shape index (κ3) is 2.16. The second-order valence-electron chi connectivity index (χ2n) is 4.39. The molecular weight excluding hydrogens is 186 g/mol. The number of hydrogen-bond donors (Lipinski definition) is 0. The van der Waals surface area contributed by atoms with E-state index in [0.717, 1.165) is 13.0 Å². The zero-order chi connectivity index (χ0) is 10.1. The van der Waals surface area contributed by atoms with E-state index in [4.69, 9.17) is 11.6 Å². The van der Waals surface area contributed by atoms with Gasteiger partial charge in [0.25, 0.3) is 0 Å². The molecule has 1 rings (SSSR count). The van der Waals surface area contributed by atoms with Crippen molar-refractivity contribution in [2.24, 2.45) is 5.92 Å². The summed E-state index contributed by atoms with van der Waals surface area (Å²) in [6.45, 7) is 7.17. The number of carbonyl (C=O) groups is 1. The second kappa shape index (κ2) is 3.87. The number of rotatable bonds is 3. The van der Waals surface area contributed by atoms with Crippen molar-refractivity contribution < 1.29 is 4.79 Å². The van der Waals surface area contributed by atoms with E-state index in [0.29, 0.717) is 18.2 Å². The van der Waals surface area contributed by atoms with Gasteiger partial charge in [0.1, 0.15) is 0 Å². The van der Waals surface area contributed by atoms with Crippen LogP contribution in [0.15, 0.2) is 0 Å². The first-order valence-corrected chi connectivity index (χ1v) is 5.41. The number of likely N-dealkylation sites (tertiary alicyclic amines) is 1. The molecule has 0 aliphatic carbocycles. The van der Waals surface area contributed by atoms with Gasteiger partial charge >= 0.3 is 0 Å². The van der Waals surface area contributed by atoms with E-state index in [9.17, 15) is 4.79 Å². The van der Waals surface area contributed by atoms with Gasteiger partial charge in [-0.15, -0.1) is 11.6 Å². The van der Waals surface area contributed by atoms with Gasteiger partial charge in [0, 0.05) is 24.4 Å². The molecule has 0 saturated carbocycles. The van der Waals surface area contributed by atoms with Crippen LogP contribution in [0.25, 0.3) is 0 Å². The van der Waals surface area contributed by atoms with Crippen LogP contribution in [0, 0.1) is 5.92 Å². The van der Waals surface area contributed by atoms with Gasteiger partial charge < -0.3 is 4.90 Å². The lowest BCUT2D eigenvalue weighted by atomic mass is 10.00. The van der Waals surface area contributed by atoms with E-state index in [-0.39, 0.29) is 11.4 Å². The van der Waals surface area contributed by atoms with Crippen LogP contribution in [0.4, 0.5) is 0 Å². The van der Waals surface area contributed by atoms with E-state index < -0.39 is 0 Å². The third-order valence-corrected chi connectivity index (χ3v) is 3.46. The van der Waals surface area contributed by atoms with Crippen molar-refractivity contribution in [2.75, 3.05) is 12.4 Å². The number of hydrogen-bond acceptors (Lipinski definition) is 1. The first-order chi connectivity index (χ1) is 6.01. The fourth-order valence-electron chi connectivity index (χ4n) is 1.66. The SMILES string of the molecule is CCC(C)(C)N1CC(CCl)CC1=O. The van der Waals surface area contributed by atoms with Crippen LogP contribution in [-0.2, 0) is 4.79 Å². The molecule has 1 unspecified atom stereocenters. The fourth-order valence-corrected chi connectivity index (χ4v) is 1.87. The van der Waals surface area contributed by atoms with E-state index >= 15 is 0 Å². The molecule has 13 heavy (non-hydrogen) atoms. The molecule has 1 fully saturated rings. The summed E-state index contributed by atoms with van der Waals surface area (Å²) in [5, 5.41) is 0. The zero-order valence-electron chi connectivity index (χ0n) is 8.64. The van der Waals surface area contributed by atoms with Crippen molar-refractivity contribution in [3.05, 3.63) is 0 Å². The standard InChI is InChI=1S/C10H18ClNO/c1-4-10(2,3)12-7-8(6-11)5-9(12)13/h8H,4-7H2,1-3H3. The van der Waals surface area contributed by atoms with Crippen molar-refractivity contribution in [3.63, 3.8) is 0 Å². The smallest absolute Gasteiger partial charge is 0.223 e. The Morgan fingerprint density at radius 2 is 2.23 bits per heavy atom. The Bertz CT molecular complexity index is 203. The summed E-state index contributed by atoms with van der Waals surface area (Å²) in [5.41, 5.74) is -0.00209. The van der Waals surface area contributed by atoms with Gasteiger partial charge in [-0.05, 0) is 26.2 Å². The van der Waals surface area contributed by atoms with Gasteiger partial charge in [0.15, 0.2) is 0 Å². The monoisotopic (exact) mass is 203 g/mol. The highest BCUT2D eigenvalue weighted by atomic mass is 35.5. The van der Waals surface area contributed by atoms with E-state index in [1.807, 2.05) is 4.90 Å². The minimum atomic E-state index is -0.00209. The van der Waals surface area contributed by atoms with Crippen LogP contribution in [0.2, 0.25) is 0 Å². The lowest BCUT2D eigenvalue weighted by Crippen LogP contribution is -2.44. The molecule has 0 aromatic rings. The van der Waals surface area contributed by atoms with Gasteiger partial charge in [-0.25, -0.2) is 0 Å². The van der Waals surface area contributed by atoms with Crippen LogP contribution < -0.4 is 0 Å². The molecule has 1 heterocycles. The van der Waals surface area contributed by atoms with Gasteiger partial charge in [0.2, 0.25) is 5.91 Å². The van der Waals surface area contributed by atoms with Crippen molar-refractivity contribution in [1.82, 2.24) is 4.90 Å². The molecule has 1 saturated heterocycles. The first-order valence-electron chi connectivity index (χ1n) is 4.87. The molecule has 1 amide bonds. The van der Waals surface area contributed by atoms with Gasteiger partial charge in [-0.3, -0.25) is 4.79 Å². The summed E-state index contributed by atoms with van der Waals surface area (Å²) in [7, 11) is 0. The molecule has 0 aromatic carbocycles. The Kier molecular flexibility index (Phi) is 3.23. The average Bonchev–Trinajstić information content (AvgIpc) is 2.47. The molecule has 1 aliphatic rings. The summed E-state index contributed by atoms with van der Waals surface area (Å²) >= 11 is 5.75. The van der Waals surface area contributed by atoms with Crippen LogP contribution in [0.5, 0.6) is 0 Å². The molecule has 3 heteroatoms. The lowest BCUT2D eigenvalue weighted by Gasteiger charge is -2.35. The number of amides is 1. The number of halogens is 1. The minimum Gasteiger partial charge on any atom is -0.337 e. The van der Waals surface area contributed by atoms with Gasteiger partial charge in [0.05, 0.1) is 0 Å². The van der Waals surface area contributed by atoms with Crippen molar-refractivity contribution >= 4 is 17.5 Å². The molecule has 0 bridgehead atoms. The molecule has 1 atom stereocenters. The fraction of sp³-hybridized carbons (Fsp3) is 0.900. The Hall–Kier alpha value is -0.240. The van der Waals surface area contributed by atoms with Crippen molar-refractivity contribution in [1.29, 1.82) is 0 Å². The number of carbonyl (C=O) groups excluding carboxylic acids is 1. The molecule has 0 spiro atoms. The maximum atomic E-state index is 11.6. The summed E-state index contributed by atoms with van der Waals surface area (Å²) in [4.78, 5) is 13.6. The highest BCUT2D eigenvalue weighted by molar-refractivity contribution is 6.18. The third-order valence-electron chi connectivity index (χ3n) is 3.02. The predicted octanol–water partition coefficient (Wildman–Crippen LogP) is 2.26. The normalized spacial score (nSPS) is 24.2. The molecule has 76 valence electrons. The molecule has 0 N–H and O–H groups in total. The Labute approximate surface area is 85.2 Å². The molecule has 1 aliphatic heterocycles. The van der Waals surface area contributed by atoms with E-state index in [1.165, 1.54) is 0 Å². The highest BCUT2D eigenvalue weighted by Crippen LogP contribution is 2.28. The summed E-state index contributed by atoms with van der Waals surface area (Å²) in [5.74, 6) is 1.22. The van der Waals surface area contributed by atoms with Gasteiger partial charge in [-0.1, -0.05) is 6.92 Å².